The second-order valence-corrected chi connectivity index (χ2v) is 6.76. The minimum atomic E-state index is -0.370. The van der Waals surface area contributed by atoms with Crippen LogP contribution in [0.25, 0.3) is 11.1 Å². The van der Waals surface area contributed by atoms with Crippen molar-refractivity contribution >= 4 is 52.4 Å². The number of rotatable bonds is 3. The lowest BCUT2D eigenvalue weighted by Crippen LogP contribution is -2.38. The molecule has 1 aliphatic carbocycles. The average molecular weight is 390 g/mol. The molecule has 120 valence electrons. The SMILES string of the molecule is O=C(NCCCl)NC1c2cc(Cl)ccc2-c2c(Cl)cc(Cl)cc21. The molecule has 0 aromatic heterocycles. The van der Waals surface area contributed by atoms with Gasteiger partial charge in [0.25, 0.3) is 0 Å². The second kappa shape index (κ2) is 6.78. The van der Waals surface area contributed by atoms with Crippen molar-refractivity contribution in [3.63, 3.8) is 0 Å². The molecule has 2 aromatic carbocycles. The second-order valence-electron chi connectivity index (χ2n) is 5.11. The van der Waals surface area contributed by atoms with E-state index in [1.54, 1.807) is 12.1 Å². The van der Waals surface area contributed by atoms with E-state index in [4.69, 9.17) is 46.4 Å². The molecule has 7 heteroatoms. The van der Waals surface area contributed by atoms with Gasteiger partial charge in [-0.15, -0.1) is 11.6 Å². The van der Waals surface area contributed by atoms with E-state index in [2.05, 4.69) is 10.6 Å². The number of nitrogens with one attached hydrogen (secondary N) is 2. The number of hydrogen-bond acceptors (Lipinski definition) is 1. The van der Waals surface area contributed by atoms with Crippen molar-refractivity contribution in [3.05, 3.63) is 56.5 Å². The van der Waals surface area contributed by atoms with Crippen LogP contribution in [0.1, 0.15) is 17.2 Å². The predicted octanol–water partition coefficient (Wildman–Crippen LogP) is 5.25. The van der Waals surface area contributed by atoms with Crippen LogP contribution in [0.4, 0.5) is 4.79 Å². The van der Waals surface area contributed by atoms with E-state index in [0.717, 1.165) is 22.3 Å². The lowest BCUT2D eigenvalue weighted by molar-refractivity contribution is 0.239. The standard InChI is InChI=1S/C16H12Cl4N2O/c17-3-4-21-16(23)22-15-11-5-8(18)1-2-10(11)14-12(15)6-9(19)7-13(14)20/h1-2,5-7,15H,3-4H2,(H2,21,22,23). The molecule has 0 saturated heterocycles. The molecule has 0 spiro atoms. The number of urea groups is 1. The maximum atomic E-state index is 12.1. The molecule has 3 nitrogen and oxygen atoms in total. The van der Waals surface area contributed by atoms with Gasteiger partial charge in [-0.1, -0.05) is 40.9 Å². The zero-order chi connectivity index (χ0) is 16.6. The first-order valence-corrected chi connectivity index (χ1v) is 8.57. The number of halogens is 4. The van der Waals surface area contributed by atoms with Gasteiger partial charge in [0.15, 0.2) is 0 Å². The van der Waals surface area contributed by atoms with Crippen molar-refractivity contribution in [2.75, 3.05) is 12.4 Å². The molecular formula is C16H12Cl4N2O. The van der Waals surface area contributed by atoms with Crippen LogP contribution in [0, 0.1) is 0 Å². The maximum absolute atomic E-state index is 12.1. The summed E-state index contributed by atoms with van der Waals surface area (Å²) in [6.07, 6.45) is 0. The van der Waals surface area contributed by atoms with E-state index in [9.17, 15) is 4.79 Å². The summed E-state index contributed by atoms with van der Waals surface area (Å²) in [5.41, 5.74) is 3.54. The normalized spacial score (nSPS) is 15.0. The Morgan fingerprint density at radius 1 is 1.04 bits per heavy atom. The lowest BCUT2D eigenvalue weighted by atomic mass is 10.1. The van der Waals surface area contributed by atoms with E-state index >= 15 is 0 Å². The fourth-order valence-corrected chi connectivity index (χ4v) is 3.66. The van der Waals surface area contributed by atoms with Crippen LogP contribution in [0.15, 0.2) is 30.3 Å². The maximum Gasteiger partial charge on any atom is 0.315 e. The summed E-state index contributed by atoms with van der Waals surface area (Å²) in [7, 11) is 0. The molecule has 0 aliphatic heterocycles. The largest absolute Gasteiger partial charge is 0.337 e. The smallest absolute Gasteiger partial charge is 0.315 e. The Hall–Kier alpha value is -1.13. The topological polar surface area (TPSA) is 41.1 Å². The first-order chi connectivity index (χ1) is 11.0. The van der Waals surface area contributed by atoms with Crippen LogP contribution in [0.2, 0.25) is 15.1 Å². The zero-order valence-electron chi connectivity index (χ0n) is 11.8. The molecule has 0 heterocycles. The monoisotopic (exact) mass is 388 g/mol. The highest BCUT2D eigenvalue weighted by Crippen LogP contribution is 2.48. The van der Waals surface area contributed by atoms with Gasteiger partial charge in [-0.25, -0.2) is 4.79 Å². The molecule has 2 amide bonds. The van der Waals surface area contributed by atoms with Crippen molar-refractivity contribution < 1.29 is 4.79 Å². The van der Waals surface area contributed by atoms with Gasteiger partial charge in [0.05, 0.1) is 11.1 Å². The predicted molar refractivity (Wildman–Crippen MR) is 96.0 cm³/mol. The number of carbonyl (C=O) groups is 1. The lowest BCUT2D eigenvalue weighted by Gasteiger charge is -2.17. The molecule has 1 atom stereocenters. The molecule has 0 bridgehead atoms. The quantitative estimate of drug-likeness (QED) is 0.691. The number of fused-ring (bicyclic) bond motifs is 3. The summed E-state index contributed by atoms with van der Waals surface area (Å²) in [6.45, 7) is 0.381. The van der Waals surface area contributed by atoms with Crippen molar-refractivity contribution in [1.29, 1.82) is 0 Å². The van der Waals surface area contributed by atoms with Gasteiger partial charge in [0.1, 0.15) is 0 Å². The van der Waals surface area contributed by atoms with Crippen molar-refractivity contribution in [2.45, 2.75) is 6.04 Å². The van der Waals surface area contributed by atoms with Gasteiger partial charge < -0.3 is 10.6 Å². The molecule has 1 unspecified atom stereocenters. The van der Waals surface area contributed by atoms with Gasteiger partial charge in [-0.2, -0.15) is 0 Å². The number of amides is 2. The molecular weight excluding hydrogens is 378 g/mol. The Kier molecular flexibility index (Phi) is 4.93. The van der Waals surface area contributed by atoms with E-state index in [0.29, 0.717) is 27.5 Å². The Morgan fingerprint density at radius 3 is 2.52 bits per heavy atom. The van der Waals surface area contributed by atoms with Crippen LogP contribution in [0.5, 0.6) is 0 Å². The number of alkyl halides is 1. The third kappa shape index (κ3) is 3.24. The minimum absolute atomic E-state index is 0.314. The summed E-state index contributed by atoms with van der Waals surface area (Å²) in [5, 5.41) is 7.25. The van der Waals surface area contributed by atoms with Gasteiger partial charge in [0, 0.05) is 28.0 Å². The van der Waals surface area contributed by atoms with Crippen LogP contribution in [-0.4, -0.2) is 18.5 Å². The van der Waals surface area contributed by atoms with Crippen LogP contribution < -0.4 is 10.6 Å². The summed E-state index contributed by atoms with van der Waals surface area (Å²) in [6, 6.07) is 8.34. The third-order valence-electron chi connectivity index (χ3n) is 3.65. The highest BCUT2D eigenvalue weighted by molar-refractivity contribution is 6.37. The third-order valence-corrected chi connectivity index (χ3v) is 4.59. The van der Waals surface area contributed by atoms with Crippen LogP contribution in [-0.2, 0) is 0 Å². The molecule has 3 rings (SSSR count). The van der Waals surface area contributed by atoms with Crippen molar-refractivity contribution in [2.24, 2.45) is 0 Å². The first-order valence-electron chi connectivity index (χ1n) is 6.90. The molecule has 0 fully saturated rings. The van der Waals surface area contributed by atoms with Crippen molar-refractivity contribution in [1.82, 2.24) is 10.6 Å². The Morgan fingerprint density at radius 2 is 1.78 bits per heavy atom. The fraction of sp³-hybridized carbons (Fsp3) is 0.188. The summed E-state index contributed by atoms with van der Waals surface area (Å²) in [4.78, 5) is 12.1. The molecule has 2 aromatic rings. The van der Waals surface area contributed by atoms with E-state index < -0.39 is 0 Å². The number of benzene rings is 2. The highest BCUT2D eigenvalue weighted by Gasteiger charge is 2.32. The van der Waals surface area contributed by atoms with E-state index in [1.165, 1.54) is 0 Å². The van der Waals surface area contributed by atoms with E-state index in [1.807, 2.05) is 18.2 Å². The Bertz CT molecular complexity index is 779. The number of carbonyl (C=O) groups excluding carboxylic acids is 1. The average Bonchev–Trinajstić information content (AvgIpc) is 2.79. The molecule has 0 saturated carbocycles. The van der Waals surface area contributed by atoms with Crippen molar-refractivity contribution in [3.8, 4) is 11.1 Å². The van der Waals surface area contributed by atoms with Gasteiger partial charge in [0.2, 0.25) is 0 Å². The molecule has 1 aliphatic rings. The summed E-state index contributed by atoms with van der Waals surface area (Å²) < 4.78 is 0. The van der Waals surface area contributed by atoms with Gasteiger partial charge >= 0.3 is 6.03 Å². The highest BCUT2D eigenvalue weighted by atomic mass is 35.5. The molecule has 0 radical (unpaired) electrons. The Balaban J connectivity index is 2.06. The zero-order valence-corrected chi connectivity index (χ0v) is 14.8. The summed E-state index contributed by atoms with van der Waals surface area (Å²) in [5.74, 6) is 0.342. The van der Waals surface area contributed by atoms with Crippen LogP contribution in [0.3, 0.4) is 0 Å². The first kappa shape index (κ1) is 16.7. The Labute approximate surface area is 153 Å². The fourth-order valence-electron chi connectivity index (χ4n) is 2.77. The minimum Gasteiger partial charge on any atom is -0.337 e. The molecule has 23 heavy (non-hydrogen) atoms. The van der Waals surface area contributed by atoms with Crippen LogP contribution >= 0.6 is 46.4 Å². The van der Waals surface area contributed by atoms with E-state index in [-0.39, 0.29) is 12.1 Å². The van der Waals surface area contributed by atoms with Gasteiger partial charge in [-0.3, -0.25) is 0 Å². The number of hydrogen-bond donors (Lipinski definition) is 2. The summed E-state index contributed by atoms with van der Waals surface area (Å²) >= 11 is 24.2. The molecule has 2 N–H and O–H groups in total. The van der Waals surface area contributed by atoms with Gasteiger partial charge in [-0.05, 0) is 41.0 Å².